The van der Waals surface area contributed by atoms with Gasteiger partial charge in [-0.2, -0.15) is 0 Å². The molecule has 4 nitrogen and oxygen atoms in total. The van der Waals surface area contributed by atoms with Crippen molar-refractivity contribution in [2.24, 2.45) is 0 Å². The summed E-state index contributed by atoms with van der Waals surface area (Å²) in [4.78, 5) is 10.6. The van der Waals surface area contributed by atoms with Crippen molar-refractivity contribution < 1.29 is 14.3 Å². The van der Waals surface area contributed by atoms with Gasteiger partial charge in [0.15, 0.2) is 0 Å². The van der Waals surface area contributed by atoms with E-state index >= 15 is 0 Å². The van der Waals surface area contributed by atoms with E-state index in [1.54, 1.807) is 24.3 Å². The predicted octanol–water partition coefficient (Wildman–Crippen LogP) is 0.868. The van der Waals surface area contributed by atoms with Crippen LogP contribution in [0, 0.1) is 0 Å². The van der Waals surface area contributed by atoms with E-state index < -0.39 is 11.9 Å². The molecule has 1 aromatic carbocycles. The average Bonchev–Trinajstić information content (AvgIpc) is 2.58. The second-order valence-electron chi connectivity index (χ2n) is 3.49. The molecule has 15 heavy (non-hydrogen) atoms. The Kier molecular flexibility index (Phi) is 2.11. The van der Waals surface area contributed by atoms with Crippen molar-refractivity contribution in [1.29, 1.82) is 0 Å². The maximum Gasteiger partial charge on any atom is 0.134 e. The van der Waals surface area contributed by atoms with Crippen LogP contribution in [0.3, 0.4) is 0 Å². The molecule has 0 aliphatic rings. The zero-order chi connectivity index (χ0) is 11.0. The highest BCUT2D eigenvalue weighted by molar-refractivity contribution is 5.83. The molecule has 1 aromatic heterocycles. The number of benzene rings is 1. The van der Waals surface area contributed by atoms with Gasteiger partial charge in [-0.15, -0.1) is 0 Å². The molecule has 0 fully saturated rings. The van der Waals surface area contributed by atoms with Crippen molar-refractivity contribution in [3.05, 3.63) is 30.0 Å². The van der Waals surface area contributed by atoms with Crippen LogP contribution in [0.15, 0.2) is 28.7 Å². The highest BCUT2D eigenvalue weighted by Crippen LogP contribution is 2.26. The Balaban J connectivity index is 2.51. The monoisotopic (exact) mass is 204 g/mol. The molecule has 1 unspecified atom stereocenters. The largest absolute Gasteiger partial charge is 0.549 e. The minimum absolute atomic E-state index is 0.385. The summed E-state index contributed by atoms with van der Waals surface area (Å²) >= 11 is 0. The molecule has 0 saturated carbocycles. The molecule has 0 amide bonds. The number of anilines is 1. The number of carbonyl (C=O) groups excluding carboxylic acids is 1. The van der Waals surface area contributed by atoms with Crippen molar-refractivity contribution >= 4 is 22.6 Å². The van der Waals surface area contributed by atoms with Gasteiger partial charge in [-0.25, -0.2) is 0 Å². The zero-order valence-electron chi connectivity index (χ0n) is 8.19. The lowest BCUT2D eigenvalue weighted by molar-refractivity contribution is -0.307. The third kappa shape index (κ3) is 1.66. The number of hydrogen-bond acceptors (Lipinski definition) is 4. The third-order valence-corrected chi connectivity index (χ3v) is 2.34. The van der Waals surface area contributed by atoms with Gasteiger partial charge in [0.1, 0.15) is 11.3 Å². The van der Waals surface area contributed by atoms with E-state index in [1.807, 2.05) is 0 Å². The van der Waals surface area contributed by atoms with Crippen molar-refractivity contribution in [2.45, 2.75) is 12.8 Å². The fourth-order valence-electron chi connectivity index (χ4n) is 1.41. The minimum atomic E-state index is -1.15. The highest BCUT2D eigenvalue weighted by Gasteiger charge is 2.12. The highest BCUT2D eigenvalue weighted by atomic mass is 16.4. The fourth-order valence-corrected chi connectivity index (χ4v) is 1.41. The Morgan fingerprint density at radius 1 is 1.47 bits per heavy atom. The summed E-state index contributed by atoms with van der Waals surface area (Å²) < 4.78 is 5.37. The smallest absolute Gasteiger partial charge is 0.134 e. The van der Waals surface area contributed by atoms with Gasteiger partial charge in [-0.1, -0.05) is 6.92 Å². The molecule has 0 radical (unpaired) electrons. The number of furan rings is 1. The molecule has 2 N–H and O–H groups in total. The van der Waals surface area contributed by atoms with Crippen LogP contribution in [0.5, 0.6) is 0 Å². The van der Waals surface area contributed by atoms with Crippen LogP contribution >= 0.6 is 0 Å². The van der Waals surface area contributed by atoms with E-state index in [4.69, 9.17) is 10.2 Å². The Morgan fingerprint density at radius 2 is 2.20 bits per heavy atom. The van der Waals surface area contributed by atoms with Crippen LogP contribution < -0.4 is 10.8 Å². The van der Waals surface area contributed by atoms with Gasteiger partial charge in [0, 0.05) is 11.1 Å². The number of carboxylic acids is 1. The summed E-state index contributed by atoms with van der Waals surface area (Å²) in [6, 6.07) is 6.84. The maximum absolute atomic E-state index is 10.6. The Labute approximate surface area is 86.3 Å². The molecule has 0 aliphatic heterocycles. The van der Waals surface area contributed by atoms with Gasteiger partial charge in [0.05, 0.1) is 11.9 Å². The van der Waals surface area contributed by atoms with Crippen molar-refractivity contribution in [1.82, 2.24) is 0 Å². The first kappa shape index (κ1) is 9.58. The van der Waals surface area contributed by atoms with E-state index in [-0.39, 0.29) is 0 Å². The second kappa shape index (κ2) is 3.31. The number of hydrogen-bond donors (Lipinski definition) is 1. The van der Waals surface area contributed by atoms with E-state index in [0.717, 1.165) is 5.39 Å². The van der Waals surface area contributed by atoms with Gasteiger partial charge in [-0.05, 0) is 24.3 Å². The number of nitrogen functional groups attached to an aromatic ring is 1. The molecule has 0 aliphatic carbocycles. The molecular weight excluding hydrogens is 194 g/mol. The van der Waals surface area contributed by atoms with E-state index in [0.29, 0.717) is 17.0 Å². The summed E-state index contributed by atoms with van der Waals surface area (Å²) in [5.74, 6) is -1.52. The molecule has 2 rings (SSSR count). The lowest BCUT2D eigenvalue weighted by Crippen LogP contribution is -2.27. The van der Waals surface area contributed by atoms with Crippen molar-refractivity contribution in [3.63, 3.8) is 0 Å². The molecule has 0 bridgehead atoms. The first-order chi connectivity index (χ1) is 7.08. The molecule has 1 atom stereocenters. The van der Waals surface area contributed by atoms with Gasteiger partial charge >= 0.3 is 0 Å². The lowest BCUT2D eigenvalue weighted by Gasteiger charge is -2.07. The Bertz CT molecular complexity index is 516. The van der Waals surface area contributed by atoms with Crippen molar-refractivity contribution in [3.8, 4) is 0 Å². The van der Waals surface area contributed by atoms with Gasteiger partial charge < -0.3 is 20.1 Å². The number of aliphatic carboxylic acids is 1. The Hall–Kier alpha value is -1.97. The third-order valence-electron chi connectivity index (χ3n) is 2.34. The van der Waals surface area contributed by atoms with Crippen LogP contribution in [0.4, 0.5) is 5.69 Å². The Morgan fingerprint density at radius 3 is 2.87 bits per heavy atom. The van der Waals surface area contributed by atoms with Crippen LogP contribution in [0.25, 0.3) is 11.0 Å². The molecule has 0 spiro atoms. The van der Waals surface area contributed by atoms with Crippen LogP contribution in [0.2, 0.25) is 0 Å². The van der Waals surface area contributed by atoms with E-state index in [9.17, 15) is 9.90 Å². The fraction of sp³-hybridized carbons (Fsp3) is 0.182. The second-order valence-corrected chi connectivity index (χ2v) is 3.49. The minimum Gasteiger partial charge on any atom is -0.549 e. The quantitative estimate of drug-likeness (QED) is 0.736. The summed E-state index contributed by atoms with van der Waals surface area (Å²) in [5, 5.41) is 11.5. The summed E-state index contributed by atoms with van der Waals surface area (Å²) in [7, 11) is 0. The van der Waals surface area contributed by atoms with Gasteiger partial charge in [0.2, 0.25) is 0 Å². The molecule has 0 saturated heterocycles. The van der Waals surface area contributed by atoms with Crippen LogP contribution in [-0.4, -0.2) is 5.97 Å². The molecule has 1 heterocycles. The van der Waals surface area contributed by atoms with Gasteiger partial charge in [0.25, 0.3) is 0 Å². The van der Waals surface area contributed by atoms with Gasteiger partial charge in [-0.3, -0.25) is 0 Å². The predicted molar refractivity (Wildman–Crippen MR) is 54.0 cm³/mol. The first-order valence-corrected chi connectivity index (χ1v) is 4.58. The van der Waals surface area contributed by atoms with E-state index in [2.05, 4.69) is 0 Å². The number of carboxylic acid groups (broad SMARTS) is 1. The number of fused-ring (bicyclic) bond motifs is 1. The first-order valence-electron chi connectivity index (χ1n) is 4.58. The van der Waals surface area contributed by atoms with Crippen LogP contribution in [-0.2, 0) is 4.79 Å². The average molecular weight is 204 g/mol. The topological polar surface area (TPSA) is 79.3 Å². The number of rotatable bonds is 2. The summed E-state index contributed by atoms with van der Waals surface area (Å²) in [6.07, 6.45) is 0. The van der Waals surface area contributed by atoms with Crippen molar-refractivity contribution in [2.75, 3.05) is 5.73 Å². The number of nitrogens with two attached hydrogens (primary N) is 1. The number of carbonyl (C=O) groups is 1. The SMILES string of the molecule is CC(C(=O)[O-])c1cc2cc(N)ccc2o1. The summed E-state index contributed by atoms with van der Waals surface area (Å²) in [5.41, 5.74) is 6.85. The maximum atomic E-state index is 10.6. The molecular formula is C11H10NO3-. The molecule has 4 heteroatoms. The summed E-state index contributed by atoms with van der Waals surface area (Å²) in [6.45, 7) is 1.52. The normalized spacial score (nSPS) is 12.9. The zero-order valence-corrected chi connectivity index (χ0v) is 8.19. The lowest BCUT2D eigenvalue weighted by atomic mass is 10.1. The van der Waals surface area contributed by atoms with E-state index in [1.165, 1.54) is 6.92 Å². The standard InChI is InChI=1S/C11H11NO3/c1-6(11(13)14)10-5-7-4-8(12)2-3-9(7)15-10/h2-6H,12H2,1H3,(H,13,14)/p-1. The molecule has 78 valence electrons. The molecule has 2 aromatic rings. The van der Waals surface area contributed by atoms with Crippen LogP contribution in [0.1, 0.15) is 18.6 Å².